The summed E-state index contributed by atoms with van der Waals surface area (Å²) in [5.74, 6) is -2.19. The van der Waals surface area contributed by atoms with Crippen LogP contribution in [0.2, 0.25) is 0 Å². The van der Waals surface area contributed by atoms with Crippen LogP contribution in [0.3, 0.4) is 0 Å². The van der Waals surface area contributed by atoms with E-state index in [9.17, 15) is 14.0 Å². The van der Waals surface area contributed by atoms with Gasteiger partial charge in [-0.15, -0.1) is 12.4 Å². The highest BCUT2D eigenvalue weighted by Gasteiger charge is 2.26. The van der Waals surface area contributed by atoms with E-state index in [2.05, 4.69) is 10.1 Å². The molecule has 0 spiro atoms. The Morgan fingerprint density at radius 3 is 2.74 bits per heavy atom. The number of hydrogen-bond acceptors (Lipinski definition) is 5. The summed E-state index contributed by atoms with van der Waals surface area (Å²) in [7, 11) is 0. The number of piperazine rings is 1. The average Bonchev–Trinajstić information content (AvgIpc) is 2.57. The molecule has 1 saturated heterocycles. The number of hydrogen-bond donors (Lipinski definition) is 2. The van der Waals surface area contributed by atoms with Crippen LogP contribution in [0.5, 0.6) is 5.75 Å². The minimum absolute atomic E-state index is 0. The van der Waals surface area contributed by atoms with E-state index in [1.165, 1.54) is 4.57 Å². The first-order valence-electron chi connectivity index (χ1n) is 8.27. The van der Waals surface area contributed by atoms with Crippen molar-refractivity contribution in [3.63, 3.8) is 0 Å². The molecule has 2 heterocycles. The Hall–Kier alpha value is -2.39. The van der Waals surface area contributed by atoms with Crippen molar-refractivity contribution in [3.8, 4) is 5.75 Å². The SMILES string of the molecule is CCn1cc(OC(=O)O)c(=O)c2cc(F)c(N3CCNC(C)C3)c(F)c21.Cl. The zero-order valence-corrected chi connectivity index (χ0v) is 15.6. The largest absolute Gasteiger partial charge is 0.511 e. The minimum Gasteiger partial charge on any atom is -0.449 e. The van der Waals surface area contributed by atoms with Gasteiger partial charge >= 0.3 is 6.16 Å². The molecule has 10 heteroatoms. The number of nitrogens with one attached hydrogen (secondary N) is 1. The Morgan fingerprint density at radius 2 is 2.15 bits per heavy atom. The van der Waals surface area contributed by atoms with E-state index >= 15 is 4.39 Å². The number of ether oxygens (including phenoxy) is 1. The van der Waals surface area contributed by atoms with E-state index in [1.807, 2.05) is 6.92 Å². The van der Waals surface area contributed by atoms with E-state index in [-0.39, 0.29) is 41.6 Å². The molecule has 0 amide bonds. The molecule has 0 aliphatic carbocycles. The second-order valence-electron chi connectivity index (χ2n) is 6.19. The van der Waals surface area contributed by atoms with Crippen LogP contribution < -0.4 is 20.4 Å². The van der Waals surface area contributed by atoms with Gasteiger partial charge in [0.05, 0.1) is 17.1 Å². The fraction of sp³-hybridized carbons (Fsp3) is 0.412. The van der Waals surface area contributed by atoms with Crippen molar-refractivity contribution in [2.45, 2.75) is 26.4 Å². The lowest BCUT2D eigenvalue weighted by Gasteiger charge is -2.34. The molecule has 1 aliphatic heterocycles. The number of nitrogens with zero attached hydrogens (tertiary/aromatic N) is 2. The van der Waals surface area contributed by atoms with Gasteiger partial charge in [-0.05, 0) is 19.9 Å². The van der Waals surface area contributed by atoms with Gasteiger partial charge in [-0.3, -0.25) is 4.79 Å². The minimum atomic E-state index is -1.67. The summed E-state index contributed by atoms with van der Waals surface area (Å²) < 4.78 is 35.7. The van der Waals surface area contributed by atoms with Crippen molar-refractivity contribution in [1.82, 2.24) is 9.88 Å². The lowest BCUT2D eigenvalue weighted by Crippen LogP contribution is -2.49. The molecule has 27 heavy (non-hydrogen) atoms. The number of aromatic nitrogens is 1. The van der Waals surface area contributed by atoms with Crippen molar-refractivity contribution in [1.29, 1.82) is 0 Å². The fourth-order valence-electron chi connectivity index (χ4n) is 3.29. The molecule has 2 N–H and O–H groups in total. The average molecular weight is 404 g/mol. The van der Waals surface area contributed by atoms with Gasteiger partial charge in [-0.25, -0.2) is 13.6 Å². The Balaban J connectivity index is 0.00000261. The molecule has 148 valence electrons. The number of pyridine rings is 1. The van der Waals surface area contributed by atoms with E-state index in [1.54, 1.807) is 11.8 Å². The predicted octanol–water partition coefficient (Wildman–Crippen LogP) is 2.58. The number of carbonyl (C=O) groups is 1. The van der Waals surface area contributed by atoms with Crippen LogP contribution in [0.25, 0.3) is 10.9 Å². The van der Waals surface area contributed by atoms with E-state index in [4.69, 9.17) is 5.11 Å². The highest BCUT2D eigenvalue weighted by Crippen LogP contribution is 2.31. The summed E-state index contributed by atoms with van der Waals surface area (Å²) in [6.45, 7) is 5.30. The molecule has 7 nitrogen and oxygen atoms in total. The van der Waals surface area contributed by atoms with Gasteiger partial charge in [-0.1, -0.05) is 0 Å². The van der Waals surface area contributed by atoms with E-state index < -0.39 is 29.0 Å². The Kier molecular flexibility index (Phi) is 6.27. The summed E-state index contributed by atoms with van der Waals surface area (Å²) in [5, 5.41) is 11.7. The van der Waals surface area contributed by atoms with Gasteiger partial charge in [0.1, 0.15) is 11.5 Å². The quantitative estimate of drug-likeness (QED) is 0.766. The highest BCUT2D eigenvalue weighted by atomic mass is 35.5. The van der Waals surface area contributed by atoms with Crippen LogP contribution in [0.1, 0.15) is 13.8 Å². The van der Waals surface area contributed by atoms with Crippen molar-refractivity contribution >= 4 is 35.2 Å². The van der Waals surface area contributed by atoms with Gasteiger partial charge in [0, 0.05) is 32.2 Å². The third-order valence-corrected chi connectivity index (χ3v) is 4.42. The molecular weight excluding hydrogens is 384 g/mol. The second kappa shape index (κ2) is 8.10. The molecule has 1 aromatic carbocycles. The predicted molar refractivity (Wildman–Crippen MR) is 99.4 cm³/mol. The molecular formula is C17H20ClF2N3O4. The molecule has 1 unspecified atom stereocenters. The van der Waals surface area contributed by atoms with Gasteiger partial charge in [0.25, 0.3) is 0 Å². The molecule has 2 aromatic rings. The Bertz CT molecular complexity index is 935. The van der Waals surface area contributed by atoms with Crippen molar-refractivity contribution in [3.05, 3.63) is 34.1 Å². The number of aryl methyl sites for hydroxylation is 1. The second-order valence-corrected chi connectivity index (χ2v) is 6.19. The summed E-state index contributed by atoms with van der Waals surface area (Å²) in [4.78, 5) is 24.8. The molecule has 1 aliphatic rings. The van der Waals surface area contributed by atoms with Gasteiger partial charge in [0.2, 0.25) is 5.43 Å². The van der Waals surface area contributed by atoms with Crippen LogP contribution in [0, 0.1) is 11.6 Å². The first kappa shape index (κ1) is 20.9. The zero-order chi connectivity index (χ0) is 19.0. The summed E-state index contributed by atoms with van der Waals surface area (Å²) in [6.07, 6.45) is -0.541. The lowest BCUT2D eigenvalue weighted by molar-refractivity contribution is 0.144. The van der Waals surface area contributed by atoms with Gasteiger partial charge < -0.3 is 24.6 Å². The standard InChI is InChI=1S/C17H19F2N3O4.ClH/c1-3-21-8-12(26-17(24)25)16(23)10-6-11(18)15(13(19)14(10)21)22-5-4-20-9(2)7-22;/h6,8-9,20H,3-5,7H2,1-2H3,(H,24,25);1H. The molecule has 1 aromatic heterocycles. The van der Waals surface area contributed by atoms with Crippen LogP contribution in [-0.4, -0.2) is 41.5 Å². The fourth-order valence-corrected chi connectivity index (χ4v) is 3.29. The van der Waals surface area contributed by atoms with Crippen molar-refractivity contribution in [2.75, 3.05) is 24.5 Å². The smallest absolute Gasteiger partial charge is 0.449 e. The third-order valence-electron chi connectivity index (χ3n) is 4.42. The number of rotatable bonds is 3. The number of anilines is 1. The first-order valence-corrected chi connectivity index (χ1v) is 8.27. The topological polar surface area (TPSA) is 83.8 Å². The molecule has 0 radical (unpaired) electrons. The Labute approximate surface area is 159 Å². The number of benzene rings is 1. The van der Waals surface area contributed by atoms with Crippen LogP contribution in [0.15, 0.2) is 17.1 Å². The van der Waals surface area contributed by atoms with Crippen molar-refractivity contribution in [2.24, 2.45) is 0 Å². The third kappa shape index (κ3) is 3.84. The molecule has 1 fully saturated rings. The molecule has 0 bridgehead atoms. The maximum atomic E-state index is 15.2. The number of fused-ring (bicyclic) bond motifs is 1. The summed E-state index contributed by atoms with van der Waals surface area (Å²) >= 11 is 0. The van der Waals surface area contributed by atoms with Crippen LogP contribution >= 0.6 is 12.4 Å². The normalized spacial score (nSPS) is 16.9. The monoisotopic (exact) mass is 403 g/mol. The Morgan fingerprint density at radius 1 is 1.44 bits per heavy atom. The highest BCUT2D eigenvalue weighted by molar-refractivity contribution is 5.86. The van der Waals surface area contributed by atoms with Gasteiger partial charge in [-0.2, -0.15) is 0 Å². The first-order chi connectivity index (χ1) is 12.3. The maximum absolute atomic E-state index is 15.2. The van der Waals surface area contributed by atoms with Crippen molar-refractivity contribution < 1.29 is 23.4 Å². The molecule has 1 atom stereocenters. The summed E-state index contributed by atoms with van der Waals surface area (Å²) in [6, 6.07) is 1.02. The molecule has 3 rings (SSSR count). The van der Waals surface area contributed by atoms with Crippen LogP contribution in [-0.2, 0) is 6.54 Å². The number of halogens is 3. The zero-order valence-electron chi connectivity index (χ0n) is 14.8. The van der Waals surface area contributed by atoms with E-state index in [0.29, 0.717) is 19.6 Å². The van der Waals surface area contributed by atoms with Gasteiger partial charge in [0.15, 0.2) is 11.6 Å². The maximum Gasteiger partial charge on any atom is 0.511 e. The number of carboxylic acid groups (broad SMARTS) is 1. The lowest BCUT2D eigenvalue weighted by atomic mass is 10.1. The molecule has 0 saturated carbocycles. The van der Waals surface area contributed by atoms with E-state index in [0.717, 1.165) is 12.3 Å². The summed E-state index contributed by atoms with van der Waals surface area (Å²) in [5.41, 5.74) is -1.12. The van der Waals surface area contributed by atoms with Crippen LogP contribution in [0.4, 0.5) is 19.3 Å².